The van der Waals surface area contributed by atoms with E-state index in [9.17, 15) is 14.7 Å². The number of amides is 2. The Bertz CT molecular complexity index is 1130. The first-order chi connectivity index (χ1) is 16.0. The molecule has 1 aliphatic rings. The highest BCUT2D eigenvalue weighted by Crippen LogP contribution is 2.23. The number of aliphatic hydroxyl groups is 1. The highest BCUT2D eigenvalue weighted by Gasteiger charge is 2.21. The number of rotatable bonds is 7. The number of carbonyl (C=O) groups is 2. The predicted molar refractivity (Wildman–Crippen MR) is 138 cm³/mol. The second kappa shape index (κ2) is 11.8. The molecule has 0 bridgehead atoms. The molecular formula is C27H31N3O3S. The SMILES string of the molecule is Cc1ccc(-c2ccncc2)cc1C(=O)N[C@H](CO)c1cccc(C(=O)NC2CCCC2)c1.S. The van der Waals surface area contributed by atoms with Crippen LogP contribution in [0.3, 0.4) is 0 Å². The minimum Gasteiger partial charge on any atom is -0.394 e. The van der Waals surface area contributed by atoms with Crippen LogP contribution < -0.4 is 10.6 Å². The van der Waals surface area contributed by atoms with Crippen molar-refractivity contribution in [3.05, 3.63) is 89.2 Å². The molecule has 1 atom stereocenters. The first-order valence-electron chi connectivity index (χ1n) is 11.4. The lowest BCUT2D eigenvalue weighted by Crippen LogP contribution is -2.33. The summed E-state index contributed by atoms with van der Waals surface area (Å²) >= 11 is 0. The van der Waals surface area contributed by atoms with Crippen LogP contribution in [0, 0.1) is 6.92 Å². The van der Waals surface area contributed by atoms with Crippen molar-refractivity contribution in [3.8, 4) is 11.1 Å². The Morgan fingerprint density at radius 2 is 1.74 bits per heavy atom. The molecule has 1 aliphatic carbocycles. The van der Waals surface area contributed by atoms with E-state index in [1.165, 1.54) is 0 Å². The minimum absolute atomic E-state index is 0. The normalized spacial score (nSPS) is 14.2. The molecule has 178 valence electrons. The zero-order valence-corrected chi connectivity index (χ0v) is 20.3. The van der Waals surface area contributed by atoms with Gasteiger partial charge in [0.05, 0.1) is 12.6 Å². The third-order valence-corrected chi connectivity index (χ3v) is 6.23. The summed E-state index contributed by atoms with van der Waals surface area (Å²) in [6.07, 6.45) is 7.74. The van der Waals surface area contributed by atoms with Gasteiger partial charge in [0.1, 0.15) is 0 Å². The van der Waals surface area contributed by atoms with Crippen LogP contribution in [-0.2, 0) is 0 Å². The zero-order chi connectivity index (χ0) is 23.2. The number of nitrogens with zero attached hydrogens (tertiary/aromatic N) is 1. The number of aryl methyl sites for hydroxylation is 1. The molecule has 34 heavy (non-hydrogen) atoms. The van der Waals surface area contributed by atoms with Crippen LogP contribution in [-0.4, -0.2) is 34.6 Å². The Labute approximate surface area is 207 Å². The van der Waals surface area contributed by atoms with Crippen LogP contribution in [0.4, 0.5) is 0 Å². The molecule has 1 saturated carbocycles. The maximum Gasteiger partial charge on any atom is 0.252 e. The quantitative estimate of drug-likeness (QED) is 0.473. The smallest absolute Gasteiger partial charge is 0.252 e. The van der Waals surface area contributed by atoms with Crippen LogP contribution in [0.25, 0.3) is 11.1 Å². The lowest BCUT2D eigenvalue weighted by molar-refractivity contribution is 0.0915. The van der Waals surface area contributed by atoms with Gasteiger partial charge in [0.25, 0.3) is 11.8 Å². The summed E-state index contributed by atoms with van der Waals surface area (Å²) in [6.45, 7) is 1.61. The molecule has 0 unspecified atom stereocenters. The Morgan fingerprint density at radius 1 is 1.00 bits per heavy atom. The van der Waals surface area contributed by atoms with E-state index in [0.717, 1.165) is 42.4 Å². The van der Waals surface area contributed by atoms with Crippen molar-refractivity contribution in [3.63, 3.8) is 0 Å². The van der Waals surface area contributed by atoms with Crippen LogP contribution in [0.15, 0.2) is 67.0 Å². The highest BCUT2D eigenvalue weighted by molar-refractivity contribution is 7.59. The van der Waals surface area contributed by atoms with Crippen molar-refractivity contribution in [1.82, 2.24) is 15.6 Å². The number of benzene rings is 2. The largest absolute Gasteiger partial charge is 0.394 e. The number of hydrogen-bond acceptors (Lipinski definition) is 4. The Morgan fingerprint density at radius 3 is 2.44 bits per heavy atom. The second-order valence-electron chi connectivity index (χ2n) is 8.55. The van der Waals surface area contributed by atoms with Crippen LogP contribution in [0.2, 0.25) is 0 Å². The van der Waals surface area contributed by atoms with Gasteiger partial charge in [-0.15, -0.1) is 0 Å². The molecule has 4 rings (SSSR count). The molecule has 1 heterocycles. The topological polar surface area (TPSA) is 91.3 Å². The van der Waals surface area contributed by atoms with Gasteiger partial charge in [0.15, 0.2) is 0 Å². The molecule has 0 spiro atoms. The van der Waals surface area contributed by atoms with Gasteiger partial charge < -0.3 is 15.7 Å². The number of hydrogen-bond donors (Lipinski definition) is 3. The third-order valence-electron chi connectivity index (χ3n) is 6.23. The maximum atomic E-state index is 13.1. The first kappa shape index (κ1) is 25.5. The van der Waals surface area contributed by atoms with Gasteiger partial charge in [-0.3, -0.25) is 14.6 Å². The Balaban J connectivity index is 0.00000324. The molecule has 0 aliphatic heterocycles. The summed E-state index contributed by atoms with van der Waals surface area (Å²) in [6, 6.07) is 16.2. The number of aliphatic hydroxyl groups excluding tert-OH is 1. The van der Waals surface area contributed by atoms with E-state index in [-0.39, 0.29) is 38.0 Å². The molecular weight excluding hydrogens is 446 g/mol. The average Bonchev–Trinajstić information content (AvgIpc) is 3.36. The van der Waals surface area contributed by atoms with Crippen LogP contribution in [0.1, 0.15) is 63.6 Å². The van der Waals surface area contributed by atoms with Gasteiger partial charge in [-0.05, 0) is 72.4 Å². The molecule has 6 nitrogen and oxygen atoms in total. The number of aromatic nitrogens is 1. The van der Waals surface area contributed by atoms with E-state index in [1.807, 2.05) is 43.3 Å². The minimum atomic E-state index is -0.624. The third kappa shape index (κ3) is 6.04. The number of carbonyl (C=O) groups excluding carboxylic acids is 2. The molecule has 1 fully saturated rings. The lowest BCUT2D eigenvalue weighted by atomic mass is 9.99. The molecule has 2 aromatic carbocycles. The molecule has 7 heteroatoms. The van der Waals surface area contributed by atoms with Crippen LogP contribution in [0.5, 0.6) is 0 Å². The molecule has 3 N–H and O–H groups in total. The Hall–Kier alpha value is -3.16. The van der Waals surface area contributed by atoms with E-state index in [2.05, 4.69) is 15.6 Å². The van der Waals surface area contributed by atoms with Crippen LogP contribution >= 0.6 is 13.5 Å². The van der Waals surface area contributed by atoms with Crippen molar-refractivity contribution in [2.45, 2.75) is 44.7 Å². The van der Waals surface area contributed by atoms with Gasteiger partial charge in [0, 0.05) is 29.6 Å². The van der Waals surface area contributed by atoms with E-state index >= 15 is 0 Å². The number of pyridine rings is 1. The summed E-state index contributed by atoms with van der Waals surface area (Å²) in [5, 5.41) is 16.0. The molecule has 0 saturated heterocycles. The predicted octanol–water partition coefficient (Wildman–Crippen LogP) is 4.31. The standard InChI is InChI=1S/C27H29N3O3.H2S/c1-18-9-10-20(19-11-13-28-14-12-19)16-24(18)27(33)30-25(17-31)21-5-4-6-22(15-21)26(32)29-23-7-2-3-8-23;/h4-6,9-16,23,25,31H,2-3,7-8,17H2,1H3,(H,29,32)(H,30,33);1H2/t25-;/m1./s1. The second-order valence-corrected chi connectivity index (χ2v) is 8.55. The summed E-state index contributed by atoms with van der Waals surface area (Å²) in [4.78, 5) is 29.8. The van der Waals surface area contributed by atoms with Crippen molar-refractivity contribution in [2.75, 3.05) is 6.61 Å². The lowest BCUT2D eigenvalue weighted by Gasteiger charge is -2.19. The molecule has 1 aromatic heterocycles. The van der Waals surface area contributed by atoms with Gasteiger partial charge in [-0.25, -0.2) is 0 Å². The molecule has 3 aromatic rings. The fourth-order valence-electron chi connectivity index (χ4n) is 4.30. The highest BCUT2D eigenvalue weighted by atomic mass is 32.1. The fraction of sp³-hybridized carbons (Fsp3) is 0.296. The van der Waals surface area contributed by atoms with Crippen molar-refractivity contribution in [1.29, 1.82) is 0 Å². The number of nitrogens with one attached hydrogen (secondary N) is 2. The Kier molecular flexibility index (Phi) is 8.85. The molecule has 2 amide bonds. The van der Waals surface area contributed by atoms with Crippen molar-refractivity contribution in [2.24, 2.45) is 0 Å². The average molecular weight is 478 g/mol. The van der Waals surface area contributed by atoms with Gasteiger partial charge in [-0.2, -0.15) is 13.5 Å². The zero-order valence-electron chi connectivity index (χ0n) is 19.3. The van der Waals surface area contributed by atoms with Gasteiger partial charge in [0.2, 0.25) is 0 Å². The van der Waals surface area contributed by atoms with Gasteiger partial charge in [-0.1, -0.05) is 37.1 Å². The fourth-order valence-corrected chi connectivity index (χ4v) is 4.30. The van der Waals surface area contributed by atoms with E-state index in [4.69, 9.17) is 0 Å². The van der Waals surface area contributed by atoms with Gasteiger partial charge >= 0.3 is 0 Å². The monoisotopic (exact) mass is 477 g/mol. The molecule has 0 radical (unpaired) electrons. The van der Waals surface area contributed by atoms with E-state index in [1.54, 1.807) is 30.6 Å². The summed E-state index contributed by atoms with van der Waals surface area (Å²) in [7, 11) is 0. The van der Waals surface area contributed by atoms with Crippen molar-refractivity contribution < 1.29 is 14.7 Å². The van der Waals surface area contributed by atoms with E-state index < -0.39 is 6.04 Å². The summed E-state index contributed by atoms with van der Waals surface area (Å²) < 4.78 is 0. The van der Waals surface area contributed by atoms with Crippen molar-refractivity contribution >= 4 is 25.3 Å². The first-order valence-corrected chi connectivity index (χ1v) is 11.4. The summed E-state index contributed by atoms with van der Waals surface area (Å²) in [5.41, 5.74) is 4.48. The maximum absolute atomic E-state index is 13.1. The summed E-state index contributed by atoms with van der Waals surface area (Å²) in [5.74, 6) is -0.393. The van der Waals surface area contributed by atoms with E-state index in [0.29, 0.717) is 16.7 Å².